The zero-order valence-electron chi connectivity index (χ0n) is 15.9. The summed E-state index contributed by atoms with van der Waals surface area (Å²) in [6, 6.07) is 9.78. The Bertz CT molecular complexity index is 618. The van der Waals surface area contributed by atoms with E-state index in [9.17, 15) is 4.79 Å². The molecule has 3 unspecified atom stereocenters. The largest absolute Gasteiger partial charge is 0.457 e. The highest BCUT2D eigenvalue weighted by Gasteiger charge is 2.49. The molecule has 2 aliphatic rings. The zero-order valence-corrected chi connectivity index (χ0v) is 15.9. The van der Waals surface area contributed by atoms with E-state index in [1.807, 2.05) is 43.3 Å². The van der Waals surface area contributed by atoms with E-state index in [-0.39, 0.29) is 24.1 Å². The number of carbonyl (C=O) groups excluding carboxylic acids is 1. The maximum atomic E-state index is 11.6. The SMILES string of the molecule is C=CCCCO[C@@H]1OC2COC(c3ccccc3)O[C@H]2[C@H](C)C1OC(C)=O. The van der Waals surface area contributed by atoms with Crippen LogP contribution in [0.4, 0.5) is 0 Å². The Morgan fingerprint density at radius 3 is 2.78 bits per heavy atom. The third kappa shape index (κ3) is 4.96. The molecule has 2 heterocycles. The van der Waals surface area contributed by atoms with Gasteiger partial charge in [-0.25, -0.2) is 0 Å². The molecule has 27 heavy (non-hydrogen) atoms. The molecule has 6 nitrogen and oxygen atoms in total. The zero-order chi connectivity index (χ0) is 19.2. The smallest absolute Gasteiger partial charge is 0.303 e. The highest BCUT2D eigenvalue weighted by molar-refractivity contribution is 5.66. The van der Waals surface area contributed by atoms with Crippen LogP contribution in [-0.2, 0) is 28.5 Å². The molecule has 1 aromatic rings. The van der Waals surface area contributed by atoms with E-state index < -0.39 is 18.7 Å². The van der Waals surface area contributed by atoms with E-state index >= 15 is 0 Å². The van der Waals surface area contributed by atoms with Crippen LogP contribution >= 0.6 is 0 Å². The first-order chi connectivity index (χ1) is 13.1. The van der Waals surface area contributed by atoms with Gasteiger partial charge < -0.3 is 23.7 Å². The average Bonchev–Trinajstić information content (AvgIpc) is 2.68. The number of hydrogen-bond acceptors (Lipinski definition) is 6. The van der Waals surface area contributed by atoms with E-state index in [0.717, 1.165) is 18.4 Å². The number of benzene rings is 1. The molecule has 0 saturated carbocycles. The van der Waals surface area contributed by atoms with Crippen molar-refractivity contribution in [3.05, 3.63) is 48.6 Å². The van der Waals surface area contributed by atoms with Crippen molar-refractivity contribution in [2.75, 3.05) is 13.2 Å². The monoisotopic (exact) mass is 376 g/mol. The Kier molecular flexibility index (Phi) is 7.01. The number of unbranched alkanes of at least 4 members (excludes halogenated alkanes) is 1. The molecule has 0 bridgehead atoms. The lowest BCUT2D eigenvalue weighted by molar-refractivity contribution is -0.352. The van der Waals surface area contributed by atoms with E-state index in [0.29, 0.717) is 13.2 Å². The van der Waals surface area contributed by atoms with Gasteiger partial charge in [-0.05, 0) is 12.8 Å². The van der Waals surface area contributed by atoms with Gasteiger partial charge in [-0.2, -0.15) is 0 Å². The van der Waals surface area contributed by atoms with Gasteiger partial charge in [-0.3, -0.25) is 4.79 Å². The lowest BCUT2D eigenvalue weighted by atomic mass is 9.89. The van der Waals surface area contributed by atoms with Gasteiger partial charge in [-0.15, -0.1) is 6.58 Å². The number of allylic oxidation sites excluding steroid dienone is 1. The molecular weight excluding hydrogens is 348 g/mol. The van der Waals surface area contributed by atoms with Crippen LogP contribution in [-0.4, -0.2) is 43.8 Å². The summed E-state index contributed by atoms with van der Waals surface area (Å²) < 4.78 is 29.5. The van der Waals surface area contributed by atoms with Crippen molar-refractivity contribution >= 4 is 5.97 Å². The average molecular weight is 376 g/mol. The van der Waals surface area contributed by atoms with Gasteiger partial charge in [0.1, 0.15) is 6.10 Å². The predicted octanol–water partition coefficient (Wildman–Crippen LogP) is 3.38. The van der Waals surface area contributed by atoms with Gasteiger partial charge in [0, 0.05) is 18.4 Å². The van der Waals surface area contributed by atoms with Crippen LogP contribution in [0.5, 0.6) is 0 Å². The Labute approximate surface area is 160 Å². The number of esters is 1. The predicted molar refractivity (Wildman–Crippen MR) is 98.8 cm³/mol. The molecule has 0 aliphatic carbocycles. The summed E-state index contributed by atoms with van der Waals surface area (Å²) in [5.74, 6) is -0.451. The highest BCUT2D eigenvalue weighted by atomic mass is 16.8. The van der Waals surface area contributed by atoms with E-state index in [4.69, 9.17) is 23.7 Å². The van der Waals surface area contributed by atoms with Gasteiger partial charge in [0.25, 0.3) is 0 Å². The quantitative estimate of drug-likeness (QED) is 0.413. The fourth-order valence-corrected chi connectivity index (χ4v) is 3.51. The van der Waals surface area contributed by atoms with Crippen LogP contribution in [0, 0.1) is 5.92 Å². The van der Waals surface area contributed by atoms with Crippen LogP contribution in [0.1, 0.15) is 38.5 Å². The Morgan fingerprint density at radius 1 is 1.30 bits per heavy atom. The second-order valence-corrected chi connectivity index (χ2v) is 6.95. The molecule has 1 aromatic carbocycles. The normalized spacial score (nSPS) is 33.1. The fourth-order valence-electron chi connectivity index (χ4n) is 3.51. The first-order valence-electron chi connectivity index (χ1n) is 9.47. The number of ether oxygens (including phenoxy) is 5. The maximum Gasteiger partial charge on any atom is 0.303 e. The fraction of sp³-hybridized carbons (Fsp3) is 0.571. The molecule has 2 fully saturated rings. The molecule has 3 rings (SSSR count). The maximum absolute atomic E-state index is 11.6. The van der Waals surface area contributed by atoms with Crippen molar-refractivity contribution in [2.24, 2.45) is 5.92 Å². The Hall–Kier alpha value is -1.73. The molecular formula is C21H28O6. The molecule has 0 aromatic heterocycles. The Balaban J connectivity index is 1.69. The van der Waals surface area contributed by atoms with Crippen molar-refractivity contribution in [3.8, 4) is 0 Å². The summed E-state index contributed by atoms with van der Waals surface area (Å²) >= 11 is 0. The molecule has 0 amide bonds. The van der Waals surface area contributed by atoms with Crippen LogP contribution in [0.2, 0.25) is 0 Å². The summed E-state index contributed by atoms with van der Waals surface area (Å²) in [6.07, 6.45) is 1.41. The molecule has 148 valence electrons. The molecule has 6 heteroatoms. The van der Waals surface area contributed by atoms with Crippen LogP contribution in [0.25, 0.3) is 0 Å². The molecule has 0 spiro atoms. The van der Waals surface area contributed by atoms with Gasteiger partial charge in [0.15, 0.2) is 18.7 Å². The third-order valence-electron chi connectivity index (χ3n) is 4.88. The molecule has 6 atom stereocenters. The molecule has 0 N–H and O–H groups in total. The Morgan fingerprint density at radius 2 is 2.07 bits per heavy atom. The minimum Gasteiger partial charge on any atom is -0.457 e. The van der Waals surface area contributed by atoms with Crippen molar-refractivity contribution in [1.82, 2.24) is 0 Å². The summed E-state index contributed by atoms with van der Waals surface area (Å²) in [5.41, 5.74) is 0.954. The summed E-state index contributed by atoms with van der Waals surface area (Å²) in [5, 5.41) is 0. The topological polar surface area (TPSA) is 63.2 Å². The van der Waals surface area contributed by atoms with Gasteiger partial charge >= 0.3 is 5.97 Å². The molecule has 2 aliphatic heterocycles. The first-order valence-corrected chi connectivity index (χ1v) is 9.47. The van der Waals surface area contributed by atoms with Gasteiger partial charge in [-0.1, -0.05) is 43.3 Å². The molecule has 2 saturated heterocycles. The summed E-state index contributed by atoms with van der Waals surface area (Å²) in [6.45, 7) is 8.01. The number of fused-ring (bicyclic) bond motifs is 1. The highest BCUT2D eigenvalue weighted by Crippen LogP contribution is 2.38. The van der Waals surface area contributed by atoms with Crippen molar-refractivity contribution in [2.45, 2.75) is 57.6 Å². The van der Waals surface area contributed by atoms with Crippen LogP contribution < -0.4 is 0 Å². The van der Waals surface area contributed by atoms with Gasteiger partial charge in [0.2, 0.25) is 0 Å². The van der Waals surface area contributed by atoms with Crippen molar-refractivity contribution < 1.29 is 28.5 Å². The molecule has 0 radical (unpaired) electrons. The lowest BCUT2D eigenvalue weighted by Gasteiger charge is -2.48. The number of hydrogen-bond donors (Lipinski definition) is 0. The third-order valence-corrected chi connectivity index (χ3v) is 4.88. The summed E-state index contributed by atoms with van der Waals surface area (Å²) in [4.78, 5) is 11.6. The number of rotatable bonds is 7. The standard InChI is InChI=1S/C21H28O6/c1-4-5-9-12-23-21-19(25-15(3)22)14(2)18-17(26-21)13-24-20(27-18)16-10-7-6-8-11-16/h4,6-8,10-11,14,17-21H,1,5,9,12-13H2,2-3H3/t14-,17?,18-,19?,20?,21+/m0/s1. The second-order valence-electron chi connectivity index (χ2n) is 6.95. The second kappa shape index (κ2) is 9.46. The first kappa shape index (κ1) is 20.0. The lowest BCUT2D eigenvalue weighted by Crippen LogP contribution is -2.59. The van der Waals surface area contributed by atoms with Gasteiger partial charge in [0.05, 0.1) is 19.3 Å². The van der Waals surface area contributed by atoms with E-state index in [1.165, 1.54) is 6.92 Å². The van der Waals surface area contributed by atoms with Crippen molar-refractivity contribution in [3.63, 3.8) is 0 Å². The van der Waals surface area contributed by atoms with Crippen LogP contribution in [0.15, 0.2) is 43.0 Å². The van der Waals surface area contributed by atoms with E-state index in [1.54, 1.807) is 0 Å². The van der Waals surface area contributed by atoms with Crippen LogP contribution in [0.3, 0.4) is 0 Å². The minimum atomic E-state index is -0.629. The summed E-state index contributed by atoms with van der Waals surface area (Å²) in [7, 11) is 0. The minimum absolute atomic E-state index is 0.0906. The van der Waals surface area contributed by atoms with Crippen molar-refractivity contribution in [1.29, 1.82) is 0 Å². The van der Waals surface area contributed by atoms with E-state index in [2.05, 4.69) is 6.58 Å². The number of carbonyl (C=O) groups is 1.